The molecule has 1 aromatic rings. The van der Waals surface area contributed by atoms with E-state index in [2.05, 4.69) is 58.1 Å². The van der Waals surface area contributed by atoms with E-state index in [9.17, 15) is 20.1 Å². The number of aliphatic hydroxyl groups excluding tert-OH is 1. The fraction of sp³-hybridized carbons (Fsp3) is 0.667. The third kappa shape index (κ3) is 23.0. The van der Waals surface area contributed by atoms with Gasteiger partial charge in [-0.3, -0.25) is 4.79 Å². The maximum absolute atomic E-state index is 12.5. The molecule has 0 aliphatic carbocycles. The standard InChI is InChI=1S/C45H74O5/c1-8-9-10-11-12-13-14-15-16-17-18-19-20-21-22-29-43(47)50-41-34-39(5)44(48)40(35-41)32-30-37(3)27-23-25-36(2)26-24-28-38(4)31-33-42(46)45(6,7)49/h15-16,25,28,30,34-35,42,46,48-49H,8-14,17-24,26-27,29,31-33H2,1-7H3/b16-15+,36-25+,37-30+,38-28+/t42-/m1/s1. The highest BCUT2D eigenvalue weighted by molar-refractivity contribution is 5.72. The predicted octanol–water partition coefficient (Wildman–Crippen LogP) is 12.5. The summed E-state index contributed by atoms with van der Waals surface area (Å²) in [5, 5.41) is 30.6. The summed E-state index contributed by atoms with van der Waals surface area (Å²) in [4.78, 5) is 12.5. The molecule has 50 heavy (non-hydrogen) atoms. The Morgan fingerprint density at radius 1 is 0.740 bits per heavy atom. The number of ether oxygens (including phenoxy) is 1. The minimum Gasteiger partial charge on any atom is -0.507 e. The van der Waals surface area contributed by atoms with Gasteiger partial charge in [0.1, 0.15) is 11.5 Å². The fourth-order valence-corrected chi connectivity index (χ4v) is 5.95. The zero-order chi connectivity index (χ0) is 37.2. The summed E-state index contributed by atoms with van der Waals surface area (Å²) in [6.45, 7) is 13.8. The van der Waals surface area contributed by atoms with E-state index in [0.29, 0.717) is 30.6 Å². The maximum Gasteiger partial charge on any atom is 0.311 e. The Kier molecular flexibility index (Phi) is 24.6. The molecule has 0 saturated carbocycles. The number of phenols is 1. The van der Waals surface area contributed by atoms with E-state index in [4.69, 9.17) is 4.74 Å². The number of esters is 1. The average molecular weight is 695 g/mol. The van der Waals surface area contributed by atoms with E-state index >= 15 is 0 Å². The zero-order valence-electron chi connectivity index (χ0n) is 33.1. The summed E-state index contributed by atoms with van der Waals surface area (Å²) in [7, 11) is 0. The van der Waals surface area contributed by atoms with Gasteiger partial charge in [0.25, 0.3) is 0 Å². The molecule has 0 radical (unpaired) electrons. The lowest BCUT2D eigenvalue weighted by Gasteiger charge is -2.24. The van der Waals surface area contributed by atoms with Crippen LogP contribution in [0.15, 0.2) is 59.2 Å². The Labute approximate surface area is 307 Å². The molecule has 0 aliphatic heterocycles. The first-order valence-electron chi connectivity index (χ1n) is 19.9. The highest BCUT2D eigenvalue weighted by Crippen LogP contribution is 2.29. The summed E-state index contributed by atoms with van der Waals surface area (Å²) >= 11 is 0. The Hall–Kier alpha value is -2.63. The number of hydrogen-bond acceptors (Lipinski definition) is 5. The van der Waals surface area contributed by atoms with Crippen molar-refractivity contribution in [3.63, 3.8) is 0 Å². The van der Waals surface area contributed by atoms with Gasteiger partial charge >= 0.3 is 5.97 Å². The van der Waals surface area contributed by atoms with Crippen LogP contribution in [0.25, 0.3) is 0 Å². The van der Waals surface area contributed by atoms with Gasteiger partial charge in [-0.1, -0.05) is 105 Å². The van der Waals surface area contributed by atoms with Crippen LogP contribution in [-0.2, 0) is 11.2 Å². The van der Waals surface area contributed by atoms with E-state index in [-0.39, 0.29) is 11.7 Å². The summed E-state index contributed by atoms with van der Waals surface area (Å²) in [6, 6.07) is 3.55. The molecule has 1 aromatic carbocycles. The molecule has 5 nitrogen and oxygen atoms in total. The van der Waals surface area contributed by atoms with Crippen LogP contribution in [0, 0.1) is 6.92 Å². The number of allylic oxidation sites excluding steroid dienone is 8. The smallest absolute Gasteiger partial charge is 0.311 e. The number of rotatable bonds is 28. The Morgan fingerprint density at radius 3 is 1.84 bits per heavy atom. The van der Waals surface area contributed by atoms with E-state index < -0.39 is 11.7 Å². The fourth-order valence-electron chi connectivity index (χ4n) is 5.95. The van der Waals surface area contributed by atoms with Crippen LogP contribution in [0.5, 0.6) is 11.5 Å². The van der Waals surface area contributed by atoms with Gasteiger partial charge in [0.2, 0.25) is 0 Å². The lowest BCUT2D eigenvalue weighted by Crippen LogP contribution is -2.35. The molecule has 0 amide bonds. The molecule has 284 valence electrons. The number of benzene rings is 1. The lowest BCUT2D eigenvalue weighted by atomic mass is 9.95. The van der Waals surface area contributed by atoms with Crippen molar-refractivity contribution in [2.45, 2.75) is 195 Å². The molecule has 1 rings (SSSR count). The van der Waals surface area contributed by atoms with Gasteiger partial charge in [-0.15, -0.1) is 0 Å². The quantitative estimate of drug-likeness (QED) is 0.0352. The summed E-state index contributed by atoms with van der Waals surface area (Å²) in [5.41, 5.74) is 4.30. The maximum atomic E-state index is 12.5. The molecule has 0 aromatic heterocycles. The number of carbonyl (C=O) groups is 1. The first-order chi connectivity index (χ1) is 23.8. The number of carbonyl (C=O) groups excluding carboxylic acids is 1. The predicted molar refractivity (Wildman–Crippen MR) is 213 cm³/mol. The first kappa shape index (κ1) is 45.4. The second-order valence-electron chi connectivity index (χ2n) is 15.2. The molecule has 5 heteroatoms. The number of aliphatic hydroxyl groups is 2. The van der Waals surface area contributed by atoms with Gasteiger partial charge in [-0.2, -0.15) is 0 Å². The molecule has 0 unspecified atom stereocenters. The van der Waals surface area contributed by atoms with E-state index in [1.54, 1.807) is 26.0 Å². The molecular weight excluding hydrogens is 620 g/mol. The van der Waals surface area contributed by atoms with Crippen molar-refractivity contribution >= 4 is 5.97 Å². The topological polar surface area (TPSA) is 87.0 Å². The van der Waals surface area contributed by atoms with E-state index in [0.717, 1.165) is 63.4 Å². The number of phenolic OH excluding ortho intramolecular Hbond substituents is 1. The second kappa shape index (κ2) is 27.1. The third-order valence-corrected chi connectivity index (χ3v) is 9.59. The minimum atomic E-state index is -1.06. The van der Waals surface area contributed by atoms with Gasteiger partial charge in [0.15, 0.2) is 0 Å². The lowest BCUT2D eigenvalue weighted by molar-refractivity contribution is -0.134. The van der Waals surface area contributed by atoms with Crippen LogP contribution in [0.4, 0.5) is 0 Å². The van der Waals surface area contributed by atoms with E-state index in [1.165, 1.54) is 74.5 Å². The van der Waals surface area contributed by atoms with Gasteiger partial charge in [0.05, 0.1) is 11.7 Å². The van der Waals surface area contributed by atoms with Gasteiger partial charge in [-0.05, 0) is 136 Å². The third-order valence-electron chi connectivity index (χ3n) is 9.59. The van der Waals surface area contributed by atoms with Crippen molar-refractivity contribution in [3.05, 3.63) is 70.4 Å². The largest absolute Gasteiger partial charge is 0.507 e. The number of aromatic hydroxyl groups is 1. The summed E-state index contributed by atoms with van der Waals surface area (Å²) in [6.07, 6.45) is 32.9. The van der Waals surface area contributed by atoms with Crippen LogP contribution in [0.1, 0.15) is 181 Å². The molecule has 0 aliphatic rings. The number of aryl methyl sites for hydroxylation is 1. The van der Waals surface area contributed by atoms with Crippen molar-refractivity contribution < 1.29 is 24.9 Å². The SMILES string of the molecule is CCCCCCCC/C=C/CCCCCCCC(=O)Oc1cc(C)c(O)c(C/C=C(\C)CC/C=C(\C)CC/C=C(\C)CC[C@@H](O)C(C)(C)O)c1. The van der Waals surface area contributed by atoms with Gasteiger partial charge in [0, 0.05) is 12.0 Å². The monoisotopic (exact) mass is 695 g/mol. The molecule has 0 bridgehead atoms. The minimum absolute atomic E-state index is 0.206. The Balaban J connectivity index is 2.34. The van der Waals surface area contributed by atoms with Gasteiger partial charge < -0.3 is 20.1 Å². The van der Waals surface area contributed by atoms with Crippen molar-refractivity contribution in [2.75, 3.05) is 0 Å². The van der Waals surface area contributed by atoms with Crippen molar-refractivity contribution in [1.29, 1.82) is 0 Å². The Bertz CT molecular complexity index is 1200. The van der Waals surface area contributed by atoms with Crippen LogP contribution < -0.4 is 4.74 Å². The van der Waals surface area contributed by atoms with Crippen molar-refractivity contribution in [3.8, 4) is 11.5 Å². The molecular formula is C45H74O5. The Morgan fingerprint density at radius 2 is 1.26 bits per heavy atom. The summed E-state index contributed by atoms with van der Waals surface area (Å²) < 4.78 is 5.68. The molecule has 0 spiro atoms. The number of unbranched alkanes of at least 4 members (excludes halogenated alkanes) is 11. The molecule has 0 fully saturated rings. The molecule has 0 saturated heterocycles. The molecule has 1 atom stereocenters. The van der Waals surface area contributed by atoms with Crippen LogP contribution >= 0.6 is 0 Å². The van der Waals surface area contributed by atoms with Crippen LogP contribution in [-0.4, -0.2) is 33.0 Å². The average Bonchev–Trinajstić information content (AvgIpc) is 3.05. The summed E-state index contributed by atoms with van der Waals surface area (Å²) in [5.74, 6) is 0.567. The molecule has 0 heterocycles. The first-order valence-corrected chi connectivity index (χ1v) is 19.9. The van der Waals surface area contributed by atoms with Crippen LogP contribution in [0.2, 0.25) is 0 Å². The van der Waals surface area contributed by atoms with E-state index in [1.807, 2.05) is 6.92 Å². The van der Waals surface area contributed by atoms with Gasteiger partial charge in [-0.25, -0.2) is 0 Å². The van der Waals surface area contributed by atoms with Crippen molar-refractivity contribution in [2.24, 2.45) is 0 Å². The highest BCUT2D eigenvalue weighted by atomic mass is 16.5. The number of hydrogen-bond donors (Lipinski definition) is 3. The zero-order valence-corrected chi connectivity index (χ0v) is 33.1. The highest BCUT2D eigenvalue weighted by Gasteiger charge is 2.23. The van der Waals surface area contributed by atoms with Crippen LogP contribution in [0.3, 0.4) is 0 Å². The van der Waals surface area contributed by atoms with Crippen molar-refractivity contribution in [1.82, 2.24) is 0 Å². The molecule has 3 N–H and O–H groups in total. The second-order valence-corrected chi connectivity index (χ2v) is 15.2. The normalized spacial score (nSPS) is 13.7.